The van der Waals surface area contributed by atoms with Crippen LogP contribution in [0.3, 0.4) is 0 Å². The van der Waals surface area contributed by atoms with E-state index < -0.39 is 0 Å². The van der Waals surface area contributed by atoms with Crippen molar-refractivity contribution in [1.29, 1.82) is 0 Å². The molecule has 0 saturated heterocycles. The Kier molecular flexibility index (Phi) is 4.59. The number of ether oxygens (including phenoxy) is 1. The summed E-state index contributed by atoms with van der Waals surface area (Å²) >= 11 is 9.58. The molecule has 0 aliphatic carbocycles. The van der Waals surface area contributed by atoms with Crippen molar-refractivity contribution >= 4 is 27.5 Å². The van der Waals surface area contributed by atoms with Crippen LogP contribution < -0.4 is 4.74 Å². The van der Waals surface area contributed by atoms with E-state index in [0.717, 1.165) is 27.7 Å². The second kappa shape index (κ2) is 5.93. The van der Waals surface area contributed by atoms with Crippen molar-refractivity contribution in [2.24, 2.45) is 0 Å². The summed E-state index contributed by atoms with van der Waals surface area (Å²) in [6.45, 7) is 10.1. The average Bonchev–Trinajstić information content (AvgIpc) is 2.34. The molecule has 0 fully saturated rings. The van der Waals surface area contributed by atoms with Gasteiger partial charge in [0.1, 0.15) is 16.2 Å². The summed E-state index contributed by atoms with van der Waals surface area (Å²) in [5, 5.41) is 0.765. The van der Waals surface area contributed by atoms with E-state index in [1.807, 2.05) is 26.0 Å². The fraction of sp³-hybridized carbons (Fsp3) is 0.375. The van der Waals surface area contributed by atoms with Gasteiger partial charge in [-0.15, -0.1) is 0 Å². The summed E-state index contributed by atoms with van der Waals surface area (Å²) < 4.78 is 6.58. The van der Waals surface area contributed by atoms with Crippen LogP contribution in [0.4, 0.5) is 0 Å². The van der Waals surface area contributed by atoms with Gasteiger partial charge in [-0.25, -0.2) is 4.98 Å². The number of hydrogen-bond donors (Lipinski definition) is 0. The van der Waals surface area contributed by atoms with Crippen LogP contribution in [-0.4, -0.2) is 9.97 Å². The zero-order chi connectivity index (χ0) is 15.8. The molecular weight excluding hydrogens is 352 g/mol. The van der Waals surface area contributed by atoms with Crippen LogP contribution >= 0.6 is 27.5 Å². The molecule has 0 aliphatic rings. The van der Waals surface area contributed by atoms with Crippen LogP contribution in [0.15, 0.2) is 22.8 Å². The molecule has 112 valence electrons. The second-order valence-electron chi connectivity index (χ2n) is 6.08. The first-order valence-electron chi connectivity index (χ1n) is 6.66. The molecule has 0 spiro atoms. The van der Waals surface area contributed by atoms with Gasteiger partial charge in [0.25, 0.3) is 0 Å². The third kappa shape index (κ3) is 3.95. The molecule has 1 heterocycles. The second-order valence-corrected chi connectivity index (χ2v) is 7.27. The molecular formula is C16H18BrClN2O. The number of aromatic nitrogens is 2. The Morgan fingerprint density at radius 2 is 1.62 bits per heavy atom. The summed E-state index contributed by atoms with van der Waals surface area (Å²) in [5.41, 5.74) is 1.82. The summed E-state index contributed by atoms with van der Waals surface area (Å²) in [6.07, 6.45) is 0. The first-order chi connectivity index (χ1) is 9.66. The predicted octanol–water partition coefficient (Wildman–Crippen LogP) is 5.60. The lowest BCUT2D eigenvalue weighted by molar-refractivity contribution is 0.444. The lowest BCUT2D eigenvalue weighted by Crippen LogP contribution is -2.16. The van der Waals surface area contributed by atoms with E-state index >= 15 is 0 Å². The minimum atomic E-state index is -0.145. The Hall–Kier alpha value is -1.13. The van der Waals surface area contributed by atoms with E-state index in [4.69, 9.17) is 16.3 Å². The quantitative estimate of drug-likeness (QED) is 0.646. The smallest absolute Gasteiger partial charge is 0.223 e. The van der Waals surface area contributed by atoms with Crippen LogP contribution in [0.1, 0.15) is 37.7 Å². The number of halogens is 2. The number of nitrogens with zero attached hydrogens (tertiary/aromatic N) is 2. The SMILES string of the molecule is Cc1cc(Oc2cc(Br)nc(C(C)(C)C)n2)cc(C)c1Cl. The molecule has 0 amide bonds. The molecule has 5 heteroatoms. The van der Waals surface area contributed by atoms with Gasteiger partial charge in [0.2, 0.25) is 5.88 Å². The molecule has 1 aromatic heterocycles. The highest BCUT2D eigenvalue weighted by atomic mass is 79.9. The summed E-state index contributed by atoms with van der Waals surface area (Å²) in [5.74, 6) is 1.97. The molecule has 0 saturated carbocycles. The van der Waals surface area contributed by atoms with Gasteiger partial charge in [-0.05, 0) is 53.0 Å². The van der Waals surface area contributed by atoms with Gasteiger partial charge in [0.05, 0.1) is 0 Å². The zero-order valence-corrected chi connectivity index (χ0v) is 15.1. The molecule has 0 radical (unpaired) electrons. The highest BCUT2D eigenvalue weighted by molar-refractivity contribution is 9.10. The van der Waals surface area contributed by atoms with Gasteiger partial charge in [0.15, 0.2) is 0 Å². The number of aryl methyl sites for hydroxylation is 2. The van der Waals surface area contributed by atoms with E-state index in [1.165, 1.54) is 0 Å². The Bertz CT molecular complexity index is 657. The standard InChI is InChI=1S/C16H18BrClN2O/c1-9-6-11(7-10(2)14(9)18)21-13-8-12(17)19-15(20-13)16(3,4)5/h6-8H,1-5H3. The van der Waals surface area contributed by atoms with Crippen LogP contribution in [0.2, 0.25) is 5.02 Å². The minimum absolute atomic E-state index is 0.145. The maximum atomic E-state index is 6.17. The van der Waals surface area contributed by atoms with Gasteiger partial charge in [-0.1, -0.05) is 32.4 Å². The minimum Gasteiger partial charge on any atom is -0.439 e. The van der Waals surface area contributed by atoms with Crippen molar-refractivity contribution in [3.8, 4) is 11.6 Å². The van der Waals surface area contributed by atoms with E-state index in [2.05, 4.69) is 46.7 Å². The highest BCUT2D eigenvalue weighted by Crippen LogP contribution is 2.30. The van der Waals surface area contributed by atoms with Crippen molar-refractivity contribution in [1.82, 2.24) is 9.97 Å². The average molecular weight is 370 g/mol. The molecule has 21 heavy (non-hydrogen) atoms. The molecule has 1 aromatic carbocycles. The van der Waals surface area contributed by atoms with E-state index in [-0.39, 0.29) is 5.41 Å². The van der Waals surface area contributed by atoms with Crippen molar-refractivity contribution in [3.05, 3.63) is 44.8 Å². The maximum Gasteiger partial charge on any atom is 0.223 e. The summed E-state index contributed by atoms with van der Waals surface area (Å²) in [6, 6.07) is 5.57. The van der Waals surface area contributed by atoms with Gasteiger partial charge in [-0.3, -0.25) is 0 Å². The van der Waals surface area contributed by atoms with Crippen LogP contribution in [0, 0.1) is 13.8 Å². The summed E-state index contributed by atoms with van der Waals surface area (Å²) in [4.78, 5) is 8.89. The third-order valence-electron chi connectivity index (χ3n) is 2.97. The van der Waals surface area contributed by atoms with E-state index in [0.29, 0.717) is 10.5 Å². The van der Waals surface area contributed by atoms with E-state index in [1.54, 1.807) is 6.07 Å². The van der Waals surface area contributed by atoms with Gasteiger partial charge in [-0.2, -0.15) is 4.98 Å². The molecule has 0 N–H and O–H groups in total. The van der Waals surface area contributed by atoms with Crippen LogP contribution in [0.5, 0.6) is 11.6 Å². The van der Waals surface area contributed by atoms with Gasteiger partial charge >= 0.3 is 0 Å². The van der Waals surface area contributed by atoms with Crippen molar-refractivity contribution in [2.75, 3.05) is 0 Å². The van der Waals surface area contributed by atoms with Crippen molar-refractivity contribution in [2.45, 2.75) is 40.0 Å². The molecule has 2 rings (SSSR count). The normalized spacial score (nSPS) is 11.6. The van der Waals surface area contributed by atoms with Gasteiger partial charge in [0, 0.05) is 16.5 Å². The number of hydrogen-bond acceptors (Lipinski definition) is 3. The first-order valence-corrected chi connectivity index (χ1v) is 7.83. The first kappa shape index (κ1) is 16.2. The molecule has 0 bridgehead atoms. The highest BCUT2D eigenvalue weighted by Gasteiger charge is 2.19. The van der Waals surface area contributed by atoms with E-state index in [9.17, 15) is 0 Å². The Labute approximate surface area is 138 Å². The third-order valence-corrected chi connectivity index (χ3v) is 3.98. The molecule has 3 nitrogen and oxygen atoms in total. The summed E-state index contributed by atoms with van der Waals surface area (Å²) in [7, 11) is 0. The van der Waals surface area contributed by atoms with Crippen LogP contribution in [0.25, 0.3) is 0 Å². The lowest BCUT2D eigenvalue weighted by atomic mass is 9.96. The number of benzene rings is 1. The lowest BCUT2D eigenvalue weighted by Gasteiger charge is -2.17. The van der Waals surface area contributed by atoms with Crippen LogP contribution in [-0.2, 0) is 5.41 Å². The largest absolute Gasteiger partial charge is 0.439 e. The Morgan fingerprint density at radius 3 is 2.14 bits per heavy atom. The van der Waals surface area contributed by atoms with Crippen molar-refractivity contribution < 1.29 is 4.74 Å². The predicted molar refractivity (Wildman–Crippen MR) is 89.4 cm³/mol. The maximum absolute atomic E-state index is 6.17. The molecule has 0 unspecified atom stereocenters. The van der Waals surface area contributed by atoms with Crippen molar-refractivity contribution in [3.63, 3.8) is 0 Å². The molecule has 2 aromatic rings. The fourth-order valence-electron chi connectivity index (χ4n) is 1.87. The van der Waals surface area contributed by atoms with Gasteiger partial charge < -0.3 is 4.74 Å². The topological polar surface area (TPSA) is 35.0 Å². The zero-order valence-electron chi connectivity index (χ0n) is 12.8. The number of rotatable bonds is 2. The Morgan fingerprint density at radius 1 is 1.05 bits per heavy atom. The monoisotopic (exact) mass is 368 g/mol. The fourth-order valence-corrected chi connectivity index (χ4v) is 2.34. The molecule has 0 atom stereocenters. The Balaban J connectivity index is 2.38. The molecule has 0 aliphatic heterocycles.